The molecule has 7 rings (SSSR count). The van der Waals surface area contributed by atoms with Gasteiger partial charge in [0.15, 0.2) is 0 Å². The molecule has 39 heavy (non-hydrogen) atoms. The summed E-state index contributed by atoms with van der Waals surface area (Å²) in [7, 11) is 0. The SMILES string of the molecule is C=C1[C@H](O)CC(=C/C=C2\CCC[C@]3(C)[C@@H]([C@H](C)CC#C[C@@H](O)CC45CC6CC(CC(C6)C4)C5)CC[C@@H]23)C[C@H]1O. The summed E-state index contributed by atoms with van der Waals surface area (Å²) in [5.74, 6) is 11.4. The lowest BCUT2D eigenvalue weighted by molar-refractivity contribution is -0.0696. The van der Waals surface area contributed by atoms with Crippen LogP contribution < -0.4 is 0 Å². The van der Waals surface area contributed by atoms with Crippen molar-refractivity contribution in [2.45, 2.75) is 128 Å². The van der Waals surface area contributed by atoms with E-state index in [1.54, 1.807) is 5.57 Å². The summed E-state index contributed by atoms with van der Waals surface area (Å²) < 4.78 is 0. The van der Waals surface area contributed by atoms with E-state index in [1.807, 2.05) is 0 Å². The standard InChI is InChI=1S/C36H52O3/c1-23(6-4-8-30(37)22-36-19-26-14-27(20-36)16-28(15-26)21-36)31-11-12-32-29(7-5-13-35(31,32)3)10-9-25-17-33(38)24(2)34(39)18-25/h9-10,23,26-28,30-34,37-39H,2,5-7,11-22H2,1,3H3/b29-10+/t23-,26?,27?,28?,30-,31-,32+,33-,34-,35-,36?/m1/s1. The van der Waals surface area contributed by atoms with Crippen LogP contribution >= 0.6 is 0 Å². The molecular weight excluding hydrogens is 480 g/mol. The highest BCUT2D eigenvalue weighted by Gasteiger charge is 2.52. The minimum Gasteiger partial charge on any atom is -0.388 e. The van der Waals surface area contributed by atoms with Crippen LogP contribution in [0, 0.1) is 58.2 Å². The van der Waals surface area contributed by atoms with E-state index < -0.39 is 18.3 Å². The molecule has 3 nitrogen and oxygen atoms in total. The molecule has 0 amide bonds. The van der Waals surface area contributed by atoms with Crippen LogP contribution in [0.2, 0.25) is 0 Å². The van der Waals surface area contributed by atoms with Crippen LogP contribution in [-0.2, 0) is 0 Å². The molecule has 0 aromatic rings. The Kier molecular flexibility index (Phi) is 7.71. The summed E-state index contributed by atoms with van der Waals surface area (Å²) in [6, 6.07) is 0. The van der Waals surface area contributed by atoms with Crippen molar-refractivity contribution in [2.75, 3.05) is 0 Å². The van der Waals surface area contributed by atoms with Crippen molar-refractivity contribution >= 4 is 0 Å². The van der Waals surface area contributed by atoms with Gasteiger partial charge in [-0.15, -0.1) is 5.92 Å². The summed E-state index contributed by atoms with van der Waals surface area (Å²) in [5, 5.41) is 31.4. The number of fused-ring (bicyclic) bond motifs is 1. The lowest BCUT2D eigenvalue weighted by Gasteiger charge is -2.57. The second-order valence-electron chi connectivity index (χ2n) is 15.3. The lowest BCUT2D eigenvalue weighted by atomic mass is 9.48. The van der Waals surface area contributed by atoms with Gasteiger partial charge in [0.1, 0.15) is 6.10 Å². The van der Waals surface area contributed by atoms with Crippen LogP contribution in [0.5, 0.6) is 0 Å². The Bertz CT molecular complexity index is 1020. The number of hydrogen-bond donors (Lipinski definition) is 3. The van der Waals surface area contributed by atoms with Crippen LogP contribution in [-0.4, -0.2) is 33.6 Å². The topological polar surface area (TPSA) is 60.7 Å². The molecule has 0 spiro atoms. The fourth-order valence-corrected chi connectivity index (χ4v) is 11.1. The van der Waals surface area contributed by atoms with E-state index in [0.717, 1.165) is 36.2 Å². The summed E-state index contributed by atoms with van der Waals surface area (Å²) in [6.45, 7) is 8.77. The molecule has 214 valence electrons. The molecule has 3 N–H and O–H groups in total. The van der Waals surface area contributed by atoms with E-state index in [4.69, 9.17) is 0 Å². The molecule has 0 heterocycles. The fourth-order valence-electron chi connectivity index (χ4n) is 11.1. The first-order chi connectivity index (χ1) is 18.6. The van der Waals surface area contributed by atoms with Gasteiger partial charge in [-0.05, 0) is 142 Å². The van der Waals surface area contributed by atoms with Gasteiger partial charge >= 0.3 is 0 Å². The highest BCUT2D eigenvalue weighted by molar-refractivity contribution is 5.29. The van der Waals surface area contributed by atoms with Gasteiger partial charge in [-0.3, -0.25) is 0 Å². The first kappa shape index (κ1) is 27.8. The molecule has 3 heteroatoms. The molecule has 0 aliphatic heterocycles. The first-order valence-electron chi connectivity index (χ1n) is 16.2. The largest absolute Gasteiger partial charge is 0.388 e. The number of rotatable bonds is 5. The Balaban J connectivity index is 1.06. The zero-order valence-electron chi connectivity index (χ0n) is 24.5. The van der Waals surface area contributed by atoms with Crippen LogP contribution in [0.3, 0.4) is 0 Å². The molecule has 7 fully saturated rings. The van der Waals surface area contributed by atoms with E-state index in [-0.39, 0.29) is 0 Å². The Morgan fingerprint density at radius 1 is 1.00 bits per heavy atom. The van der Waals surface area contributed by atoms with E-state index in [1.165, 1.54) is 70.6 Å². The highest BCUT2D eigenvalue weighted by Crippen LogP contribution is 2.62. The van der Waals surface area contributed by atoms with Gasteiger partial charge in [-0.1, -0.05) is 49.6 Å². The van der Waals surface area contributed by atoms with Gasteiger partial charge in [0.25, 0.3) is 0 Å². The monoisotopic (exact) mass is 532 g/mol. The molecule has 0 radical (unpaired) electrons. The maximum atomic E-state index is 11.0. The zero-order chi connectivity index (χ0) is 27.4. The first-order valence-corrected chi connectivity index (χ1v) is 16.2. The van der Waals surface area contributed by atoms with Crippen LogP contribution in [0.15, 0.2) is 35.5 Å². The Morgan fingerprint density at radius 2 is 1.64 bits per heavy atom. The maximum absolute atomic E-state index is 11.0. The maximum Gasteiger partial charge on any atom is 0.115 e. The zero-order valence-corrected chi connectivity index (χ0v) is 24.5. The van der Waals surface area contributed by atoms with Gasteiger partial charge in [-0.2, -0.15) is 0 Å². The fraction of sp³-hybridized carbons (Fsp3) is 0.778. The van der Waals surface area contributed by atoms with Gasteiger partial charge in [0.2, 0.25) is 0 Å². The summed E-state index contributed by atoms with van der Waals surface area (Å²) in [4.78, 5) is 0. The quantitative estimate of drug-likeness (QED) is 0.261. The van der Waals surface area contributed by atoms with Gasteiger partial charge in [0, 0.05) is 6.42 Å². The molecule has 0 aromatic carbocycles. The van der Waals surface area contributed by atoms with Crippen LogP contribution in [0.4, 0.5) is 0 Å². The summed E-state index contributed by atoms with van der Waals surface area (Å²) >= 11 is 0. The Hall–Kier alpha value is -1.34. The molecule has 0 aromatic heterocycles. The van der Waals surface area contributed by atoms with Crippen molar-refractivity contribution < 1.29 is 15.3 Å². The molecule has 7 aliphatic carbocycles. The molecule has 7 aliphatic rings. The van der Waals surface area contributed by atoms with Gasteiger partial charge in [-0.25, -0.2) is 0 Å². The Labute approximate surface area is 237 Å². The van der Waals surface area contributed by atoms with Crippen molar-refractivity contribution in [3.63, 3.8) is 0 Å². The number of aliphatic hydroxyl groups excluding tert-OH is 3. The minimum atomic E-state index is -0.626. The summed E-state index contributed by atoms with van der Waals surface area (Å²) in [5.41, 5.74) is 3.97. The van der Waals surface area contributed by atoms with Crippen molar-refractivity contribution in [3.8, 4) is 11.8 Å². The third-order valence-corrected chi connectivity index (χ3v) is 12.5. The number of allylic oxidation sites excluding steroid dienone is 3. The predicted octanol–water partition coefficient (Wildman–Crippen LogP) is 7.12. The molecule has 7 saturated carbocycles. The van der Waals surface area contributed by atoms with Gasteiger partial charge in [0.05, 0.1) is 12.2 Å². The molecular formula is C36H52O3. The van der Waals surface area contributed by atoms with Crippen molar-refractivity contribution in [1.29, 1.82) is 0 Å². The third-order valence-electron chi connectivity index (χ3n) is 12.5. The van der Waals surface area contributed by atoms with E-state index in [0.29, 0.717) is 47.0 Å². The van der Waals surface area contributed by atoms with Gasteiger partial charge < -0.3 is 15.3 Å². The van der Waals surface area contributed by atoms with Crippen LogP contribution in [0.1, 0.15) is 110 Å². The smallest absolute Gasteiger partial charge is 0.115 e. The van der Waals surface area contributed by atoms with E-state index in [9.17, 15) is 15.3 Å². The second kappa shape index (κ2) is 10.8. The minimum absolute atomic E-state index is 0.321. The number of hydrogen-bond acceptors (Lipinski definition) is 3. The van der Waals surface area contributed by atoms with Crippen molar-refractivity contribution in [2.24, 2.45) is 46.3 Å². The Morgan fingerprint density at radius 3 is 2.28 bits per heavy atom. The van der Waals surface area contributed by atoms with Crippen LogP contribution in [0.25, 0.3) is 0 Å². The third kappa shape index (κ3) is 5.48. The highest BCUT2D eigenvalue weighted by atomic mass is 16.3. The lowest BCUT2D eigenvalue weighted by Crippen LogP contribution is -2.47. The molecule has 0 unspecified atom stereocenters. The molecule has 0 saturated heterocycles. The van der Waals surface area contributed by atoms with E-state index >= 15 is 0 Å². The van der Waals surface area contributed by atoms with Crippen molar-refractivity contribution in [3.05, 3.63) is 35.5 Å². The molecule has 4 bridgehead atoms. The van der Waals surface area contributed by atoms with E-state index in [2.05, 4.69) is 44.4 Å². The second-order valence-corrected chi connectivity index (χ2v) is 15.3. The normalized spacial score (nSPS) is 45.6. The molecule has 7 atom stereocenters. The summed E-state index contributed by atoms with van der Waals surface area (Å²) in [6.07, 6.45) is 20.4. The average molecular weight is 533 g/mol. The van der Waals surface area contributed by atoms with Crippen molar-refractivity contribution in [1.82, 2.24) is 0 Å². The average Bonchev–Trinajstić information content (AvgIpc) is 3.22. The predicted molar refractivity (Wildman–Crippen MR) is 158 cm³/mol. The number of aliphatic hydroxyl groups is 3.